The van der Waals surface area contributed by atoms with E-state index in [9.17, 15) is 8.42 Å². The molecule has 112 valence electrons. The molecule has 0 unspecified atom stereocenters. The maximum Gasteiger partial charge on any atom is 0.182 e. The molecule has 0 heterocycles. The Morgan fingerprint density at radius 3 is 2.57 bits per heavy atom. The van der Waals surface area contributed by atoms with Crippen molar-refractivity contribution in [2.75, 3.05) is 12.4 Å². The molecule has 0 saturated heterocycles. The molecule has 21 heavy (non-hydrogen) atoms. The average molecular weight is 370 g/mol. The van der Waals surface area contributed by atoms with Gasteiger partial charge in [-0.2, -0.15) is 0 Å². The van der Waals surface area contributed by atoms with Crippen molar-refractivity contribution in [1.29, 1.82) is 0 Å². The first-order valence-electron chi connectivity index (χ1n) is 6.42. The first-order valence-corrected chi connectivity index (χ1v) is 8.86. The highest BCUT2D eigenvalue weighted by Crippen LogP contribution is 2.22. The summed E-state index contributed by atoms with van der Waals surface area (Å²) in [6, 6.07) is 14.1. The third-order valence-corrected chi connectivity index (χ3v) is 5.61. The quantitative estimate of drug-likeness (QED) is 0.849. The van der Waals surface area contributed by atoms with Crippen LogP contribution in [0.25, 0.3) is 0 Å². The zero-order chi connectivity index (χ0) is 15.3. The molecule has 6 heteroatoms. The number of benzene rings is 2. The molecule has 0 amide bonds. The maximum atomic E-state index is 12.2. The Morgan fingerprint density at radius 2 is 1.86 bits per heavy atom. The molecule has 0 saturated carbocycles. The molecule has 0 aliphatic heterocycles. The topological polar surface area (TPSA) is 69.4 Å². The van der Waals surface area contributed by atoms with Crippen molar-refractivity contribution in [1.82, 2.24) is 0 Å². The second-order valence-corrected chi connectivity index (χ2v) is 7.38. The highest BCUT2D eigenvalue weighted by molar-refractivity contribution is 9.10. The van der Waals surface area contributed by atoms with Crippen LogP contribution in [0.5, 0.6) is 5.75 Å². The van der Waals surface area contributed by atoms with Gasteiger partial charge in [-0.15, -0.1) is 0 Å². The number of ether oxygens (including phenoxy) is 1. The van der Waals surface area contributed by atoms with Crippen molar-refractivity contribution in [3.63, 3.8) is 0 Å². The number of sulfone groups is 1. The van der Waals surface area contributed by atoms with E-state index in [2.05, 4.69) is 15.9 Å². The van der Waals surface area contributed by atoms with Crippen molar-refractivity contribution in [2.45, 2.75) is 11.4 Å². The SMILES string of the molecule is NCc1cccc(OCCS(=O)(=O)c2ccccc2Br)c1. The summed E-state index contributed by atoms with van der Waals surface area (Å²) in [6.45, 7) is 0.518. The van der Waals surface area contributed by atoms with Crippen molar-refractivity contribution in [3.05, 3.63) is 58.6 Å². The minimum atomic E-state index is -3.37. The first kappa shape index (κ1) is 16.0. The number of hydrogen-bond donors (Lipinski definition) is 1. The molecular weight excluding hydrogens is 354 g/mol. The van der Waals surface area contributed by atoms with Gasteiger partial charge in [-0.05, 0) is 45.8 Å². The van der Waals surface area contributed by atoms with Crippen LogP contribution < -0.4 is 10.5 Å². The Morgan fingerprint density at radius 1 is 1.10 bits per heavy atom. The largest absolute Gasteiger partial charge is 0.493 e. The van der Waals surface area contributed by atoms with Gasteiger partial charge in [0.1, 0.15) is 12.4 Å². The summed E-state index contributed by atoms with van der Waals surface area (Å²) in [7, 11) is -3.37. The summed E-state index contributed by atoms with van der Waals surface area (Å²) in [4.78, 5) is 0.282. The van der Waals surface area contributed by atoms with Crippen LogP contribution in [0.1, 0.15) is 5.56 Å². The summed E-state index contributed by atoms with van der Waals surface area (Å²) in [6.07, 6.45) is 0. The summed E-state index contributed by atoms with van der Waals surface area (Å²) in [5, 5.41) is 0. The van der Waals surface area contributed by atoms with E-state index in [0.717, 1.165) is 5.56 Å². The molecule has 2 rings (SSSR count). The second-order valence-electron chi connectivity index (χ2n) is 4.45. The van der Waals surface area contributed by atoms with E-state index in [0.29, 0.717) is 16.8 Å². The highest BCUT2D eigenvalue weighted by atomic mass is 79.9. The molecule has 0 aromatic heterocycles. The molecule has 2 aromatic carbocycles. The van der Waals surface area contributed by atoms with Gasteiger partial charge in [0, 0.05) is 11.0 Å². The summed E-state index contributed by atoms with van der Waals surface area (Å²) >= 11 is 3.25. The fraction of sp³-hybridized carbons (Fsp3) is 0.200. The van der Waals surface area contributed by atoms with Crippen LogP contribution in [0, 0.1) is 0 Å². The van der Waals surface area contributed by atoms with E-state index in [-0.39, 0.29) is 17.3 Å². The van der Waals surface area contributed by atoms with Crippen LogP contribution in [0.15, 0.2) is 57.9 Å². The number of rotatable bonds is 6. The lowest BCUT2D eigenvalue weighted by molar-refractivity contribution is 0.340. The Balaban J connectivity index is 2.01. The zero-order valence-electron chi connectivity index (χ0n) is 11.3. The number of nitrogens with two attached hydrogens (primary N) is 1. The standard InChI is InChI=1S/C15H16BrNO3S/c16-14-6-1-2-7-15(14)21(18,19)9-8-20-13-5-3-4-12(10-13)11-17/h1-7,10H,8-9,11,17H2. The highest BCUT2D eigenvalue weighted by Gasteiger charge is 2.17. The van der Waals surface area contributed by atoms with Crippen LogP contribution in [0.3, 0.4) is 0 Å². The summed E-state index contributed by atoms with van der Waals surface area (Å²) in [5.41, 5.74) is 6.50. The Labute approximate surface area is 133 Å². The van der Waals surface area contributed by atoms with Crippen LogP contribution in [-0.4, -0.2) is 20.8 Å². The molecule has 0 bridgehead atoms. The molecule has 0 atom stereocenters. The lowest BCUT2D eigenvalue weighted by Gasteiger charge is -2.09. The van der Waals surface area contributed by atoms with Gasteiger partial charge in [0.15, 0.2) is 9.84 Å². The van der Waals surface area contributed by atoms with Crippen LogP contribution >= 0.6 is 15.9 Å². The predicted molar refractivity (Wildman–Crippen MR) is 86.0 cm³/mol. The molecule has 0 aliphatic rings. The van der Waals surface area contributed by atoms with E-state index in [1.807, 2.05) is 18.2 Å². The van der Waals surface area contributed by atoms with Gasteiger partial charge in [-0.25, -0.2) is 8.42 Å². The molecule has 0 aliphatic carbocycles. The van der Waals surface area contributed by atoms with Crippen molar-refractivity contribution in [2.24, 2.45) is 5.73 Å². The van der Waals surface area contributed by atoms with Gasteiger partial charge in [-0.1, -0.05) is 24.3 Å². The lowest BCUT2D eigenvalue weighted by Crippen LogP contribution is -2.14. The predicted octanol–water partition coefficient (Wildman–Crippen LogP) is 2.76. The average Bonchev–Trinajstić information content (AvgIpc) is 2.47. The summed E-state index contributed by atoms with van der Waals surface area (Å²) in [5.74, 6) is 0.544. The molecule has 2 aromatic rings. The minimum Gasteiger partial charge on any atom is -0.493 e. The van der Waals surface area contributed by atoms with Gasteiger partial charge in [-0.3, -0.25) is 0 Å². The Hall–Kier alpha value is -1.37. The summed E-state index contributed by atoms with van der Waals surface area (Å²) < 4.78 is 30.5. The normalized spacial score (nSPS) is 11.3. The number of hydrogen-bond acceptors (Lipinski definition) is 4. The number of halogens is 1. The zero-order valence-corrected chi connectivity index (χ0v) is 13.7. The van der Waals surface area contributed by atoms with Crippen molar-refractivity contribution >= 4 is 25.8 Å². The van der Waals surface area contributed by atoms with E-state index < -0.39 is 9.84 Å². The van der Waals surface area contributed by atoms with Gasteiger partial charge >= 0.3 is 0 Å². The van der Waals surface area contributed by atoms with Crippen molar-refractivity contribution in [3.8, 4) is 5.75 Å². The van der Waals surface area contributed by atoms with Crippen LogP contribution in [0.4, 0.5) is 0 Å². The van der Waals surface area contributed by atoms with E-state index >= 15 is 0 Å². The maximum absolute atomic E-state index is 12.2. The van der Waals surface area contributed by atoms with Crippen LogP contribution in [0.2, 0.25) is 0 Å². The van der Waals surface area contributed by atoms with Gasteiger partial charge in [0.05, 0.1) is 10.6 Å². The van der Waals surface area contributed by atoms with Gasteiger partial charge < -0.3 is 10.5 Å². The smallest absolute Gasteiger partial charge is 0.182 e. The third kappa shape index (κ3) is 4.30. The van der Waals surface area contributed by atoms with Gasteiger partial charge in [0.25, 0.3) is 0 Å². The monoisotopic (exact) mass is 369 g/mol. The van der Waals surface area contributed by atoms with E-state index in [4.69, 9.17) is 10.5 Å². The second kappa shape index (κ2) is 7.06. The van der Waals surface area contributed by atoms with E-state index in [1.165, 1.54) is 0 Å². The molecule has 0 fully saturated rings. The van der Waals surface area contributed by atoms with Crippen molar-refractivity contribution < 1.29 is 13.2 Å². The Bertz CT molecular complexity index is 716. The van der Waals surface area contributed by atoms with Crippen LogP contribution in [-0.2, 0) is 16.4 Å². The first-order chi connectivity index (χ1) is 10.0. The Kier molecular flexibility index (Phi) is 5.39. The molecule has 4 nitrogen and oxygen atoms in total. The minimum absolute atomic E-state index is 0.0809. The molecule has 0 spiro atoms. The molecule has 0 radical (unpaired) electrons. The lowest BCUT2D eigenvalue weighted by atomic mass is 10.2. The fourth-order valence-corrected chi connectivity index (χ4v) is 4.04. The van der Waals surface area contributed by atoms with E-state index in [1.54, 1.807) is 30.3 Å². The fourth-order valence-electron chi connectivity index (χ4n) is 1.84. The van der Waals surface area contributed by atoms with Gasteiger partial charge in [0.2, 0.25) is 0 Å². The third-order valence-electron chi connectivity index (χ3n) is 2.93. The molecular formula is C15H16BrNO3S. The molecule has 2 N–H and O–H groups in total.